The van der Waals surface area contributed by atoms with Gasteiger partial charge in [-0.1, -0.05) is 0 Å². The summed E-state index contributed by atoms with van der Waals surface area (Å²) in [7, 11) is 1.20. The minimum Gasteiger partial charge on any atom is -0.469 e. The van der Waals surface area contributed by atoms with Crippen LogP contribution in [0, 0.1) is 0 Å². The molecule has 0 rings (SSSR count). The van der Waals surface area contributed by atoms with Gasteiger partial charge in [0.25, 0.3) is 0 Å². The number of alkyl halides is 3. The molecule has 94 valence electrons. The molecule has 5 nitrogen and oxygen atoms in total. The highest BCUT2D eigenvalue weighted by Gasteiger charge is 2.26. The molecule has 0 aliphatic rings. The van der Waals surface area contributed by atoms with Crippen molar-refractivity contribution in [1.82, 2.24) is 10.6 Å². The van der Waals surface area contributed by atoms with Gasteiger partial charge in [0.2, 0.25) is 5.91 Å². The maximum absolute atomic E-state index is 11.7. The molecule has 0 bridgehead atoms. The van der Waals surface area contributed by atoms with E-state index in [4.69, 9.17) is 0 Å². The lowest BCUT2D eigenvalue weighted by Crippen LogP contribution is -2.38. The molecule has 0 fully saturated rings. The Balaban J connectivity index is 3.49. The maximum Gasteiger partial charge on any atom is 0.401 e. The molecular weight excluding hydrogens is 229 g/mol. The van der Waals surface area contributed by atoms with E-state index >= 15 is 0 Å². The molecule has 0 heterocycles. The second-order valence-corrected chi connectivity index (χ2v) is 2.89. The van der Waals surface area contributed by atoms with Crippen LogP contribution < -0.4 is 10.6 Å². The molecule has 0 radical (unpaired) electrons. The van der Waals surface area contributed by atoms with E-state index in [1.54, 1.807) is 0 Å². The minimum absolute atomic E-state index is 0.0124. The van der Waals surface area contributed by atoms with E-state index in [1.165, 1.54) is 7.11 Å². The van der Waals surface area contributed by atoms with Crippen molar-refractivity contribution >= 4 is 11.9 Å². The average molecular weight is 242 g/mol. The van der Waals surface area contributed by atoms with Crippen molar-refractivity contribution in [2.24, 2.45) is 0 Å². The van der Waals surface area contributed by atoms with Crippen LogP contribution >= 0.6 is 0 Å². The molecule has 0 saturated heterocycles. The van der Waals surface area contributed by atoms with Crippen LogP contribution in [0.1, 0.15) is 6.42 Å². The topological polar surface area (TPSA) is 67.4 Å². The number of rotatable bonds is 6. The van der Waals surface area contributed by atoms with E-state index in [1.807, 2.05) is 5.32 Å². The zero-order valence-corrected chi connectivity index (χ0v) is 8.69. The summed E-state index contributed by atoms with van der Waals surface area (Å²) in [5.74, 6) is -1.10. The first-order chi connectivity index (χ1) is 7.35. The number of nitrogens with one attached hydrogen (secondary N) is 2. The van der Waals surface area contributed by atoms with E-state index in [-0.39, 0.29) is 13.0 Å². The third kappa shape index (κ3) is 9.25. The van der Waals surface area contributed by atoms with Gasteiger partial charge in [-0.15, -0.1) is 0 Å². The normalized spacial score (nSPS) is 11.0. The fraction of sp³-hybridized carbons (Fsp3) is 0.750. The highest BCUT2D eigenvalue weighted by atomic mass is 19.4. The molecule has 0 aliphatic carbocycles. The quantitative estimate of drug-likeness (QED) is 0.634. The summed E-state index contributed by atoms with van der Waals surface area (Å²) in [4.78, 5) is 21.5. The van der Waals surface area contributed by atoms with Crippen LogP contribution in [0.25, 0.3) is 0 Å². The summed E-state index contributed by atoms with van der Waals surface area (Å²) in [5.41, 5.74) is 0. The molecule has 0 atom stereocenters. The molecule has 0 aromatic rings. The van der Waals surface area contributed by atoms with E-state index in [0.717, 1.165) is 0 Å². The van der Waals surface area contributed by atoms with Gasteiger partial charge in [-0.3, -0.25) is 9.59 Å². The number of amides is 1. The second-order valence-electron chi connectivity index (χ2n) is 2.89. The average Bonchev–Trinajstić information content (AvgIpc) is 2.15. The van der Waals surface area contributed by atoms with Crippen molar-refractivity contribution in [3.8, 4) is 0 Å². The molecule has 0 aliphatic heterocycles. The third-order valence-electron chi connectivity index (χ3n) is 1.49. The smallest absolute Gasteiger partial charge is 0.401 e. The Morgan fingerprint density at radius 3 is 2.44 bits per heavy atom. The van der Waals surface area contributed by atoms with Crippen LogP contribution in [0.2, 0.25) is 0 Å². The lowest BCUT2D eigenvalue weighted by atomic mass is 10.4. The molecule has 0 spiro atoms. The van der Waals surface area contributed by atoms with Gasteiger partial charge in [-0.05, 0) is 0 Å². The Bertz CT molecular complexity index is 243. The van der Waals surface area contributed by atoms with Crippen LogP contribution in [-0.2, 0) is 14.3 Å². The van der Waals surface area contributed by atoms with Crippen LogP contribution in [-0.4, -0.2) is 44.8 Å². The lowest BCUT2D eigenvalue weighted by Gasteiger charge is -2.08. The number of methoxy groups -OCH3 is 1. The fourth-order valence-corrected chi connectivity index (χ4v) is 0.786. The number of hydrogen-bond acceptors (Lipinski definition) is 4. The molecule has 2 N–H and O–H groups in total. The van der Waals surface area contributed by atoms with E-state index in [2.05, 4.69) is 10.1 Å². The summed E-state index contributed by atoms with van der Waals surface area (Å²) in [6.07, 6.45) is -4.35. The first-order valence-corrected chi connectivity index (χ1v) is 4.46. The molecule has 16 heavy (non-hydrogen) atoms. The first kappa shape index (κ1) is 14.7. The summed E-state index contributed by atoms with van der Waals surface area (Å²) >= 11 is 0. The number of esters is 1. The number of halogens is 3. The Hall–Kier alpha value is -1.31. The SMILES string of the molecule is COC(=O)CCNC(=O)CNCC(F)(F)F. The van der Waals surface area contributed by atoms with Gasteiger partial charge in [-0.2, -0.15) is 13.2 Å². The highest BCUT2D eigenvalue weighted by Crippen LogP contribution is 2.11. The van der Waals surface area contributed by atoms with Crippen LogP contribution in [0.5, 0.6) is 0 Å². The number of carbonyl (C=O) groups is 2. The highest BCUT2D eigenvalue weighted by molar-refractivity contribution is 5.78. The molecular formula is C8H13F3N2O3. The number of hydrogen-bond donors (Lipinski definition) is 2. The van der Waals surface area contributed by atoms with Gasteiger partial charge in [-0.25, -0.2) is 0 Å². The van der Waals surface area contributed by atoms with Crippen molar-refractivity contribution in [3.05, 3.63) is 0 Å². The molecule has 1 amide bonds. The Morgan fingerprint density at radius 1 is 1.31 bits per heavy atom. The molecule has 0 saturated carbocycles. The van der Waals surface area contributed by atoms with Crippen LogP contribution in [0.4, 0.5) is 13.2 Å². The predicted octanol–water partition coefficient (Wildman–Crippen LogP) is -0.182. The molecule has 8 heteroatoms. The van der Waals surface area contributed by atoms with Crippen molar-refractivity contribution in [2.45, 2.75) is 12.6 Å². The zero-order chi connectivity index (χ0) is 12.6. The molecule has 0 aromatic heterocycles. The Kier molecular flexibility index (Phi) is 6.47. The van der Waals surface area contributed by atoms with Crippen molar-refractivity contribution in [1.29, 1.82) is 0 Å². The summed E-state index contributed by atoms with van der Waals surface area (Å²) in [6, 6.07) is 0. The van der Waals surface area contributed by atoms with Gasteiger partial charge < -0.3 is 15.4 Å². The van der Waals surface area contributed by atoms with Gasteiger partial charge >= 0.3 is 12.1 Å². The summed E-state index contributed by atoms with van der Waals surface area (Å²) < 4.78 is 39.3. The van der Waals surface area contributed by atoms with Gasteiger partial charge in [0, 0.05) is 6.54 Å². The standard InChI is InChI=1S/C8H13F3N2O3/c1-16-7(15)2-3-13-6(14)4-12-5-8(9,10)11/h12H,2-5H2,1H3,(H,13,14). The fourth-order valence-electron chi connectivity index (χ4n) is 0.786. The predicted molar refractivity (Wildman–Crippen MR) is 48.6 cm³/mol. The molecule has 0 aromatic carbocycles. The Labute approximate surface area is 90.3 Å². The third-order valence-corrected chi connectivity index (χ3v) is 1.49. The van der Waals surface area contributed by atoms with Crippen molar-refractivity contribution < 1.29 is 27.5 Å². The molecule has 0 unspecified atom stereocenters. The first-order valence-electron chi connectivity index (χ1n) is 4.46. The lowest BCUT2D eigenvalue weighted by molar-refractivity contribution is -0.140. The Morgan fingerprint density at radius 2 is 1.94 bits per heavy atom. The minimum atomic E-state index is -4.34. The van der Waals surface area contributed by atoms with Crippen molar-refractivity contribution in [3.63, 3.8) is 0 Å². The number of ether oxygens (including phenoxy) is 1. The van der Waals surface area contributed by atoms with E-state index in [9.17, 15) is 22.8 Å². The van der Waals surface area contributed by atoms with Gasteiger partial charge in [0.15, 0.2) is 0 Å². The van der Waals surface area contributed by atoms with E-state index in [0.29, 0.717) is 0 Å². The summed E-state index contributed by atoms with van der Waals surface area (Å²) in [6.45, 7) is -1.63. The second kappa shape index (κ2) is 7.04. The monoisotopic (exact) mass is 242 g/mol. The van der Waals surface area contributed by atoms with Crippen LogP contribution in [0.15, 0.2) is 0 Å². The largest absolute Gasteiger partial charge is 0.469 e. The maximum atomic E-state index is 11.7. The van der Waals surface area contributed by atoms with Gasteiger partial charge in [0.05, 0.1) is 26.6 Å². The van der Waals surface area contributed by atoms with Gasteiger partial charge in [0.1, 0.15) is 0 Å². The number of carbonyl (C=O) groups excluding carboxylic acids is 2. The van der Waals surface area contributed by atoms with E-state index < -0.39 is 31.1 Å². The van der Waals surface area contributed by atoms with Crippen LogP contribution in [0.3, 0.4) is 0 Å². The zero-order valence-electron chi connectivity index (χ0n) is 8.69. The summed E-state index contributed by atoms with van der Waals surface area (Å²) in [5, 5.41) is 4.19. The van der Waals surface area contributed by atoms with Crippen molar-refractivity contribution in [2.75, 3.05) is 26.7 Å².